The van der Waals surface area contributed by atoms with E-state index in [1.54, 1.807) is 6.92 Å². The first-order valence-electron chi connectivity index (χ1n) is 14.0. The number of benzene rings is 2. The van der Waals surface area contributed by atoms with Crippen molar-refractivity contribution >= 4 is 22.9 Å². The Bertz CT molecular complexity index is 1280. The third-order valence-corrected chi connectivity index (χ3v) is 9.19. The van der Waals surface area contributed by atoms with E-state index in [1.165, 1.54) is 6.42 Å². The highest BCUT2D eigenvalue weighted by molar-refractivity contribution is 5.91. The van der Waals surface area contributed by atoms with Crippen molar-refractivity contribution in [3.8, 4) is 0 Å². The highest BCUT2D eigenvalue weighted by atomic mass is 16.6. The smallest absolute Gasteiger partial charge is 0.408 e. The molecular formula is C31H38N4O3. The Kier molecular flexibility index (Phi) is 6.64. The zero-order valence-electron chi connectivity index (χ0n) is 22.0. The van der Waals surface area contributed by atoms with E-state index in [-0.39, 0.29) is 24.6 Å². The van der Waals surface area contributed by atoms with Gasteiger partial charge in [0.25, 0.3) is 0 Å². The molecule has 4 aliphatic rings. The number of fused-ring (bicyclic) bond motifs is 1. The predicted molar refractivity (Wildman–Crippen MR) is 147 cm³/mol. The average Bonchev–Trinajstić information content (AvgIpc) is 3.31. The van der Waals surface area contributed by atoms with E-state index in [2.05, 4.69) is 15.6 Å². The van der Waals surface area contributed by atoms with Gasteiger partial charge in [0, 0.05) is 36.1 Å². The van der Waals surface area contributed by atoms with Crippen LogP contribution in [0.15, 0.2) is 60.8 Å². The molecule has 4 aliphatic carbocycles. The molecule has 38 heavy (non-hydrogen) atoms. The maximum Gasteiger partial charge on any atom is 0.408 e. The van der Waals surface area contributed by atoms with Crippen LogP contribution in [0.25, 0.3) is 10.9 Å². The normalized spacial score (nSPS) is 28.0. The van der Waals surface area contributed by atoms with Gasteiger partial charge in [-0.05, 0) is 79.9 Å². The Morgan fingerprint density at radius 2 is 1.66 bits per heavy atom. The highest BCUT2D eigenvalue weighted by Crippen LogP contribution is 2.54. The molecule has 1 heterocycles. The maximum absolute atomic E-state index is 13.7. The van der Waals surface area contributed by atoms with Crippen molar-refractivity contribution in [1.82, 2.24) is 15.6 Å². The summed E-state index contributed by atoms with van der Waals surface area (Å²) < 4.78 is 6.11. The fraction of sp³-hybridized carbons (Fsp3) is 0.484. The number of carbonyl (C=O) groups is 2. The molecule has 5 N–H and O–H groups in total. The van der Waals surface area contributed by atoms with Gasteiger partial charge < -0.3 is 26.1 Å². The molecule has 3 aromatic rings. The van der Waals surface area contributed by atoms with Gasteiger partial charge in [0.2, 0.25) is 5.91 Å². The number of hydrogen-bond acceptors (Lipinski definition) is 4. The van der Waals surface area contributed by atoms with Crippen LogP contribution in [0.1, 0.15) is 56.2 Å². The minimum Gasteiger partial charge on any atom is -0.446 e. The summed E-state index contributed by atoms with van der Waals surface area (Å²) >= 11 is 0. The zero-order chi connectivity index (χ0) is 26.3. The lowest BCUT2D eigenvalue weighted by atomic mass is 9.55. The summed E-state index contributed by atoms with van der Waals surface area (Å²) in [5.74, 6) is 2.22. The van der Waals surface area contributed by atoms with Gasteiger partial charge in [0.15, 0.2) is 0 Å². The standard InChI is InChI=1S/C31H38N4O3/c1-31(16-24-17-33-27-10-6-5-9-25(24)27,29(36)34-18-26(32)21-7-3-2-4-8-21)35-30(37)38-28-22-12-19-11-20(14-22)15-23(28)13-19/h2-10,17,19-20,22-23,26,28,33H,11-16,18,32H2,1H3,(H,34,36)(H,35,37)/t19?,20?,22?,23?,26-,28?,31+/m0/s1. The molecule has 4 bridgehead atoms. The van der Waals surface area contributed by atoms with Crippen LogP contribution in [0.5, 0.6) is 0 Å². The second-order valence-corrected chi connectivity index (χ2v) is 12.0. The number of nitrogens with one attached hydrogen (secondary N) is 3. The van der Waals surface area contributed by atoms with Gasteiger partial charge in [-0.25, -0.2) is 4.79 Å². The van der Waals surface area contributed by atoms with E-state index in [4.69, 9.17) is 10.5 Å². The van der Waals surface area contributed by atoms with Gasteiger partial charge in [-0.3, -0.25) is 4.79 Å². The minimum absolute atomic E-state index is 0.0466. The molecule has 200 valence electrons. The van der Waals surface area contributed by atoms with Crippen molar-refractivity contribution in [2.45, 2.75) is 63.1 Å². The second kappa shape index (κ2) is 10.1. The lowest BCUT2D eigenvalue weighted by molar-refractivity contribution is -0.127. The molecule has 4 saturated carbocycles. The number of rotatable bonds is 8. The third kappa shape index (κ3) is 4.92. The van der Waals surface area contributed by atoms with Crippen molar-refractivity contribution in [1.29, 1.82) is 0 Å². The van der Waals surface area contributed by atoms with E-state index in [0.29, 0.717) is 18.3 Å². The van der Waals surface area contributed by atoms with Crippen molar-refractivity contribution in [2.75, 3.05) is 6.54 Å². The summed E-state index contributed by atoms with van der Waals surface area (Å²) in [6.45, 7) is 2.04. The lowest BCUT2D eigenvalue weighted by Gasteiger charge is -2.53. The molecule has 1 aromatic heterocycles. The molecule has 0 aliphatic heterocycles. The maximum atomic E-state index is 13.7. The van der Waals surface area contributed by atoms with E-state index in [0.717, 1.165) is 59.5 Å². The molecule has 2 aromatic carbocycles. The second-order valence-electron chi connectivity index (χ2n) is 12.0. The van der Waals surface area contributed by atoms with Gasteiger partial charge in [-0.1, -0.05) is 48.5 Å². The number of ether oxygens (including phenoxy) is 1. The van der Waals surface area contributed by atoms with Crippen molar-refractivity contribution < 1.29 is 14.3 Å². The summed E-state index contributed by atoms with van der Waals surface area (Å²) in [5, 5.41) is 7.02. The summed E-state index contributed by atoms with van der Waals surface area (Å²) in [7, 11) is 0. The molecule has 7 nitrogen and oxygen atoms in total. The summed E-state index contributed by atoms with van der Waals surface area (Å²) in [6, 6.07) is 17.3. The summed E-state index contributed by atoms with van der Waals surface area (Å²) in [6.07, 6.45) is 7.67. The van der Waals surface area contributed by atoms with Crippen LogP contribution in [-0.2, 0) is 16.0 Å². The summed E-state index contributed by atoms with van der Waals surface area (Å²) in [4.78, 5) is 30.3. The molecular weight excluding hydrogens is 476 g/mol. The fourth-order valence-electron chi connectivity index (χ4n) is 7.50. The molecule has 0 unspecified atom stereocenters. The van der Waals surface area contributed by atoms with Gasteiger partial charge >= 0.3 is 6.09 Å². The molecule has 0 spiro atoms. The number of amides is 2. The van der Waals surface area contributed by atoms with Crippen LogP contribution < -0.4 is 16.4 Å². The first kappa shape index (κ1) is 25.0. The first-order valence-corrected chi connectivity index (χ1v) is 14.0. The molecule has 7 rings (SSSR count). The molecule has 7 heteroatoms. The van der Waals surface area contributed by atoms with Crippen molar-refractivity contribution in [2.24, 2.45) is 29.4 Å². The Hall–Kier alpha value is -3.32. The van der Waals surface area contributed by atoms with Crippen molar-refractivity contribution in [3.63, 3.8) is 0 Å². The van der Waals surface area contributed by atoms with Crippen LogP contribution in [0.2, 0.25) is 0 Å². The predicted octanol–water partition coefficient (Wildman–Crippen LogP) is 4.84. The number of carbonyl (C=O) groups excluding carboxylic acids is 2. The third-order valence-electron chi connectivity index (χ3n) is 9.19. The molecule has 2 atom stereocenters. The Morgan fingerprint density at radius 1 is 1.00 bits per heavy atom. The average molecular weight is 515 g/mol. The number of alkyl carbamates (subject to hydrolysis) is 1. The number of nitrogens with two attached hydrogens (primary N) is 1. The molecule has 0 radical (unpaired) electrons. The molecule has 0 saturated heterocycles. The quantitative estimate of drug-likeness (QED) is 0.345. The largest absolute Gasteiger partial charge is 0.446 e. The van der Waals surface area contributed by atoms with E-state index in [9.17, 15) is 9.59 Å². The topological polar surface area (TPSA) is 109 Å². The SMILES string of the molecule is C[C@](Cc1c[nH]c2ccccc12)(NC(=O)OC1C2CC3CC(C2)CC1C3)C(=O)NC[C@H](N)c1ccccc1. The Labute approximate surface area is 223 Å². The van der Waals surface area contributed by atoms with Crippen LogP contribution in [0, 0.1) is 23.7 Å². The number of aromatic amines is 1. The summed E-state index contributed by atoms with van der Waals surface area (Å²) in [5.41, 5.74) is 8.04. The number of H-pyrrole nitrogens is 1. The Morgan fingerprint density at radius 3 is 2.37 bits per heavy atom. The Balaban J connectivity index is 1.18. The molecule has 2 amide bonds. The minimum atomic E-state index is -1.22. The molecule has 4 fully saturated rings. The van der Waals surface area contributed by atoms with Gasteiger partial charge in [-0.15, -0.1) is 0 Å². The van der Waals surface area contributed by atoms with E-state index < -0.39 is 11.6 Å². The number of hydrogen-bond donors (Lipinski definition) is 4. The lowest BCUT2D eigenvalue weighted by Crippen LogP contribution is -2.60. The van der Waals surface area contributed by atoms with Crippen LogP contribution in [-0.4, -0.2) is 35.2 Å². The first-order chi connectivity index (χ1) is 18.4. The van der Waals surface area contributed by atoms with Gasteiger partial charge in [0.05, 0.1) is 0 Å². The van der Waals surface area contributed by atoms with Crippen LogP contribution in [0.4, 0.5) is 4.79 Å². The van der Waals surface area contributed by atoms with Gasteiger partial charge in [0.1, 0.15) is 11.6 Å². The zero-order valence-corrected chi connectivity index (χ0v) is 22.0. The number of para-hydroxylation sites is 1. The van der Waals surface area contributed by atoms with Crippen LogP contribution >= 0.6 is 0 Å². The number of aromatic nitrogens is 1. The monoisotopic (exact) mass is 514 g/mol. The van der Waals surface area contributed by atoms with E-state index in [1.807, 2.05) is 60.8 Å². The van der Waals surface area contributed by atoms with Gasteiger partial charge in [-0.2, -0.15) is 0 Å². The fourth-order valence-corrected chi connectivity index (χ4v) is 7.50. The highest BCUT2D eigenvalue weighted by Gasteiger charge is 2.50. The van der Waals surface area contributed by atoms with E-state index >= 15 is 0 Å². The van der Waals surface area contributed by atoms with Crippen molar-refractivity contribution in [3.05, 3.63) is 71.9 Å². The van der Waals surface area contributed by atoms with Crippen LogP contribution in [0.3, 0.4) is 0 Å².